The van der Waals surface area contributed by atoms with Crippen LogP contribution in [0.1, 0.15) is 0 Å². The maximum Gasteiger partial charge on any atom is 0.194 e. The van der Waals surface area contributed by atoms with E-state index in [0.29, 0.717) is 0 Å². The number of benzene rings is 1. The van der Waals surface area contributed by atoms with Crippen LogP contribution in [-0.4, -0.2) is 4.98 Å². The first kappa shape index (κ1) is 12.5. The van der Waals surface area contributed by atoms with Crippen molar-refractivity contribution in [2.24, 2.45) is 0 Å². The first-order chi connectivity index (χ1) is 8.47. The molecule has 0 bridgehead atoms. The van der Waals surface area contributed by atoms with Crippen LogP contribution >= 0.6 is 11.6 Å². The molecule has 7 heteroatoms. The molecule has 2 aromatic rings. The molecule has 0 spiro atoms. The fourth-order valence-electron chi connectivity index (χ4n) is 1.31. The Kier molecular flexibility index (Phi) is 3.29. The predicted molar refractivity (Wildman–Crippen MR) is 63.3 cm³/mol. The summed E-state index contributed by atoms with van der Waals surface area (Å²) in [6, 6.07) is 4.53. The molecule has 0 aliphatic carbocycles. The molecule has 18 heavy (non-hydrogen) atoms. The fraction of sp³-hybridized carbons (Fsp3) is 0. The standard InChI is InChI=1S/C11H7ClF3N3/c12-9-2-1-8(16)11(18-9)17-5-3-6(13)10(15)7(14)4-5/h1-4H,16H2,(H,17,18). The smallest absolute Gasteiger partial charge is 0.194 e. The minimum absolute atomic E-state index is 0.0205. The highest BCUT2D eigenvalue weighted by Gasteiger charge is 2.11. The van der Waals surface area contributed by atoms with Gasteiger partial charge in [-0.25, -0.2) is 18.2 Å². The van der Waals surface area contributed by atoms with Crippen LogP contribution in [0, 0.1) is 17.5 Å². The summed E-state index contributed by atoms with van der Waals surface area (Å²) in [6.45, 7) is 0. The summed E-state index contributed by atoms with van der Waals surface area (Å²) in [5.74, 6) is -4.02. The fourth-order valence-corrected chi connectivity index (χ4v) is 1.46. The van der Waals surface area contributed by atoms with E-state index in [2.05, 4.69) is 10.3 Å². The third-order valence-corrected chi connectivity index (χ3v) is 2.35. The molecule has 1 aromatic carbocycles. The van der Waals surface area contributed by atoms with Gasteiger partial charge in [-0.2, -0.15) is 0 Å². The molecule has 0 amide bonds. The Labute approximate surface area is 105 Å². The summed E-state index contributed by atoms with van der Waals surface area (Å²) in [7, 11) is 0. The first-order valence-corrected chi connectivity index (χ1v) is 5.19. The number of anilines is 3. The summed E-state index contributed by atoms with van der Waals surface area (Å²) in [4.78, 5) is 3.84. The second-order valence-electron chi connectivity index (χ2n) is 3.45. The van der Waals surface area contributed by atoms with Gasteiger partial charge in [0.25, 0.3) is 0 Å². The van der Waals surface area contributed by atoms with Crippen LogP contribution in [0.3, 0.4) is 0 Å². The summed E-state index contributed by atoms with van der Waals surface area (Å²) in [6.07, 6.45) is 0. The van der Waals surface area contributed by atoms with E-state index in [1.807, 2.05) is 0 Å². The van der Waals surface area contributed by atoms with Gasteiger partial charge in [-0.1, -0.05) is 11.6 Å². The molecule has 0 atom stereocenters. The van der Waals surface area contributed by atoms with Gasteiger partial charge < -0.3 is 11.1 Å². The Hall–Kier alpha value is -1.95. The van der Waals surface area contributed by atoms with E-state index in [9.17, 15) is 13.2 Å². The van der Waals surface area contributed by atoms with Gasteiger partial charge in [0.2, 0.25) is 0 Å². The molecule has 3 N–H and O–H groups in total. The molecule has 0 saturated carbocycles. The van der Waals surface area contributed by atoms with Crippen LogP contribution < -0.4 is 11.1 Å². The van der Waals surface area contributed by atoms with Gasteiger partial charge in [0.05, 0.1) is 5.69 Å². The third-order valence-electron chi connectivity index (χ3n) is 2.14. The Morgan fingerprint density at radius 2 is 1.72 bits per heavy atom. The molecule has 1 heterocycles. The number of pyridine rings is 1. The number of nitrogens with zero attached hydrogens (tertiary/aromatic N) is 1. The van der Waals surface area contributed by atoms with E-state index in [1.54, 1.807) is 0 Å². The predicted octanol–water partition coefficient (Wildman–Crippen LogP) is 3.48. The highest BCUT2D eigenvalue weighted by Crippen LogP contribution is 2.25. The highest BCUT2D eigenvalue weighted by atomic mass is 35.5. The zero-order valence-electron chi connectivity index (χ0n) is 8.85. The van der Waals surface area contributed by atoms with E-state index < -0.39 is 17.5 Å². The molecule has 0 fully saturated rings. The second-order valence-corrected chi connectivity index (χ2v) is 3.84. The van der Waals surface area contributed by atoms with Crippen LogP contribution in [0.25, 0.3) is 0 Å². The molecule has 0 aliphatic rings. The molecule has 0 radical (unpaired) electrons. The third kappa shape index (κ3) is 2.48. The molecule has 0 aliphatic heterocycles. The van der Waals surface area contributed by atoms with E-state index in [-0.39, 0.29) is 22.3 Å². The van der Waals surface area contributed by atoms with Crippen molar-refractivity contribution in [3.8, 4) is 0 Å². The number of nitrogen functional groups attached to an aromatic ring is 1. The number of hydrogen-bond donors (Lipinski definition) is 2. The minimum atomic E-state index is -1.53. The van der Waals surface area contributed by atoms with Gasteiger partial charge in [-0.05, 0) is 12.1 Å². The van der Waals surface area contributed by atoms with Gasteiger partial charge in [-0.15, -0.1) is 0 Å². The second kappa shape index (κ2) is 4.73. The van der Waals surface area contributed by atoms with Crippen LogP contribution in [0.4, 0.5) is 30.4 Å². The van der Waals surface area contributed by atoms with Crippen molar-refractivity contribution in [3.05, 3.63) is 46.9 Å². The molecule has 2 rings (SSSR count). The minimum Gasteiger partial charge on any atom is -0.396 e. The largest absolute Gasteiger partial charge is 0.396 e. The number of aromatic nitrogens is 1. The van der Waals surface area contributed by atoms with Crippen LogP contribution in [0.5, 0.6) is 0 Å². The van der Waals surface area contributed by atoms with Crippen LogP contribution in [-0.2, 0) is 0 Å². The Bertz CT molecular complexity index is 581. The van der Waals surface area contributed by atoms with E-state index in [4.69, 9.17) is 17.3 Å². The maximum absolute atomic E-state index is 13.0. The molecule has 3 nitrogen and oxygen atoms in total. The molecule has 94 valence electrons. The van der Waals surface area contributed by atoms with Gasteiger partial charge in [0.1, 0.15) is 5.15 Å². The molecular weight excluding hydrogens is 267 g/mol. The Balaban J connectivity index is 2.37. The molecule has 0 unspecified atom stereocenters. The lowest BCUT2D eigenvalue weighted by Crippen LogP contribution is -2.01. The summed E-state index contributed by atoms with van der Waals surface area (Å²) in [5, 5.41) is 2.72. The lowest BCUT2D eigenvalue weighted by atomic mass is 10.2. The number of hydrogen-bond acceptors (Lipinski definition) is 3. The van der Waals surface area contributed by atoms with Crippen molar-refractivity contribution in [1.29, 1.82) is 0 Å². The maximum atomic E-state index is 13.0. The van der Waals surface area contributed by atoms with Crippen molar-refractivity contribution in [2.75, 3.05) is 11.1 Å². The van der Waals surface area contributed by atoms with Crippen molar-refractivity contribution < 1.29 is 13.2 Å². The summed E-state index contributed by atoms with van der Waals surface area (Å²) < 4.78 is 38.7. The van der Waals surface area contributed by atoms with E-state index >= 15 is 0 Å². The van der Waals surface area contributed by atoms with Gasteiger partial charge in [0, 0.05) is 17.8 Å². The average molecular weight is 274 g/mol. The normalized spacial score (nSPS) is 10.4. The molecule has 1 aromatic heterocycles. The number of rotatable bonds is 2. The number of halogens is 4. The summed E-state index contributed by atoms with van der Waals surface area (Å²) >= 11 is 5.66. The van der Waals surface area contributed by atoms with Gasteiger partial charge in [-0.3, -0.25) is 0 Å². The molecular formula is C11H7ClF3N3. The van der Waals surface area contributed by atoms with E-state index in [0.717, 1.165) is 12.1 Å². The van der Waals surface area contributed by atoms with Crippen LogP contribution in [0.15, 0.2) is 24.3 Å². The van der Waals surface area contributed by atoms with E-state index in [1.165, 1.54) is 12.1 Å². The Morgan fingerprint density at radius 1 is 1.11 bits per heavy atom. The van der Waals surface area contributed by atoms with Crippen LogP contribution in [0.2, 0.25) is 5.15 Å². The van der Waals surface area contributed by atoms with Crippen molar-refractivity contribution in [2.45, 2.75) is 0 Å². The lowest BCUT2D eigenvalue weighted by Gasteiger charge is -2.09. The van der Waals surface area contributed by atoms with Gasteiger partial charge in [0.15, 0.2) is 23.3 Å². The zero-order chi connectivity index (χ0) is 13.3. The molecule has 0 saturated heterocycles. The first-order valence-electron chi connectivity index (χ1n) is 4.81. The Morgan fingerprint density at radius 3 is 2.33 bits per heavy atom. The monoisotopic (exact) mass is 273 g/mol. The van der Waals surface area contributed by atoms with Crippen molar-refractivity contribution in [3.63, 3.8) is 0 Å². The summed E-state index contributed by atoms with van der Waals surface area (Å²) in [5.41, 5.74) is 5.82. The highest BCUT2D eigenvalue weighted by molar-refractivity contribution is 6.29. The topological polar surface area (TPSA) is 50.9 Å². The van der Waals surface area contributed by atoms with Crippen molar-refractivity contribution >= 4 is 28.8 Å². The quantitative estimate of drug-likeness (QED) is 0.651. The lowest BCUT2D eigenvalue weighted by molar-refractivity contribution is 0.448. The van der Waals surface area contributed by atoms with Crippen molar-refractivity contribution in [1.82, 2.24) is 4.98 Å². The number of nitrogens with two attached hydrogens (primary N) is 1. The SMILES string of the molecule is Nc1ccc(Cl)nc1Nc1cc(F)c(F)c(F)c1. The zero-order valence-corrected chi connectivity index (χ0v) is 9.60. The average Bonchev–Trinajstić information content (AvgIpc) is 2.31. The van der Waals surface area contributed by atoms with Gasteiger partial charge >= 0.3 is 0 Å². The number of nitrogens with one attached hydrogen (secondary N) is 1.